The number of amides is 2. The number of benzene rings is 1. The molecule has 0 radical (unpaired) electrons. The molecule has 2 atom stereocenters. The molecule has 6 heteroatoms. The second-order valence-electron chi connectivity index (χ2n) is 13.5. The maximum atomic E-state index is 14.0. The van der Waals surface area contributed by atoms with Crippen LogP contribution < -0.4 is 0 Å². The first-order valence-electron chi connectivity index (χ1n) is 15.3. The van der Waals surface area contributed by atoms with Gasteiger partial charge in [0.1, 0.15) is 0 Å². The number of hydrogen-bond acceptors (Lipinski definition) is 4. The average Bonchev–Trinajstić information content (AvgIpc) is 3.40. The molecule has 5 nitrogen and oxygen atoms in total. The summed E-state index contributed by atoms with van der Waals surface area (Å²) in [7, 11) is 0. The SMILES string of the molecule is Cc1ccccc1[C@@H]1c2ccsc2CCN1CCC(=O)N1CCN(C(=O)C23CC4CC(CC(C4)C2)C3)[C@@H](C)C1. The summed E-state index contributed by atoms with van der Waals surface area (Å²) in [5.41, 5.74) is 3.99. The van der Waals surface area contributed by atoms with E-state index in [1.807, 2.05) is 16.2 Å². The lowest BCUT2D eigenvalue weighted by Gasteiger charge is -2.57. The van der Waals surface area contributed by atoms with Crippen LogP contribution in [0.25, 0.3) is 0 Å². The third-order valence-electron chi connectivity index (χ3n) is 10.9. The number of hydrogen-bond donors (Lipinski definition) is 0. The molecule has 1 aromatic heterocycles. The molecular formula is C33H43N3O2S. The van der Waals surface area contributed by atoms with E-state index in [0.29, 0.717) is 32.0 Å². The lowest BCUT2D eigenvalue weighted by atomic mass is 9.49. The number of piperazine rings is 1. The zero-order valence-corrected chi connectivity index (χ0v) is 24.4. The maximum absolute atomic E-state index is 14.0. The van der Waals surface area contributed by atoms with Crippen LogP contribution in [0.4, 0.5) is 0 Å². The van der Waals surface area contributed by atoms with Crippen LogP contribution in [-0.2, 0) is 16.0 Å². The number of thiophene rings is 1. The van der Waals surface area contributed by atoms with Gasteiger partial charge in [0, 0.05) is 50.1 Å². The predicted molar refractivity (Wildman–Crippen MR) is 156 cm³/mol. The monoisotopic (exact) mass is 545 g/mol. The van der Waals surface area contributed by atoms with E-state index in [4.69, 9.17) is 0 Å². The van der Waals surface area contributed by atoms with Gasteiger partial charge < -0.3 is 9.80 Å². The Morgan fingerprint density at radius 3 is 2.36 bits per heavy atom. The Hall–Kier alpha value is -2.18. The summed E-state index contributed by atoms with van der Waals surface area (Å²) in [6, 6.07) is 11.3. The summed E-state index contributed by atoms with van der Waals surface area (Å²) in [5.74, 6) is 3.00. The normalized spacial score (nSPS) is 33.8. The van der Waals surface area contributed by atoms with Gasteiger partial charge in [-0.2, -0.15) is 0 Å². The van der Waals surface area contributed by atoms with Crippen molar-refractivity contribution in [2.24, 2.45) is 23.2 Å². The number of aryl methyl sites for hydroxylation is 1. The van der Waals surface area contributed by atoms with Crippen molar-refractivity contribution in [1.82, 2.24) is 14.7 Å². The number of rotatable bonds is 5. The highest BCUT2D eigenvalue weighted by Crippen LogP contribution is 2.60. The van der Waals surface area contributed by atoms with Gasteiger partial charge in [-0.25, -0.2) is 0 Å². The van der Waals surface area contributed by atoms with E-state index in [1.165, 1.54) is 40.8 Å². The van der Waals surface area contributed by atoms with Crippen LogP contribution in [0.15, 0.2) is 35.7 Å². The highest BCUT2D eigenvalue weighted by atomic mass is 32.1. The Bertz CT molecular complexity index is 1220. The molecule has 2 aromatic rings. The first kappa shape index (κ1) is 25.8. The van der Waals surface area contributed by atoms with Gasteiger partial charge in [-0.15, -0.1) is 11.3 Å². The third kappa shape index (κ3) is 4.56. The van der Waals surface area contributed by atoms with Crippen molar-refractivity contribution < 1.29 is 9.59 Å². The molecule has 4 saturated carbocycles. The highest BCUT2D eigenvalue weighted by molar-refractivity contribution is 7.10. The molecule has 4 bridgehead atoms. The van der Waals surface area contributed by atoms with Gasteiger partial charge in [-0.3, -0.25) is 14.5 Å². The molecule has 1 aromatic carbocycles. The van der Waals surface area contributed by atoms with E-state index >= 15 is 0 Å². The van der Waals surface area contributed by atoms with Crippen molar-refractivity contribution in [2.45, 2.75) is 77.3 Å². The predicted octanol–water partition coefficient (Wildman–Crippen LogP) is 5.67. The van der Waals surface area contributed by atoms with Crippen LogP contribution in [0.3, 0.4) is 0 Å². The molecule has 3 heterocycles. The van der Waals surface area contributed by atoms with Gasteiger partial charge in [0.25, 0.3) is 0 Å². The number of nitrogens with zero attached hydrogens (tertiary/aromatic N) is 3. The van der Waals surface area contributed by atoms with Crippen LogP contribution in [0.2, 0.25) is 0 Å². The Kier molecular flexibility index (Phi) is 6.62. The highest BCUT2D eigenvalue weighted by Gasteiger charge is 2.56. The Morgan fingerprint density at radius 1 is 0.949 bits per heavy atom. The summed E-state index contributed by atoms with van der Waals surface area (Å²) in [6.45, 7) is 8.17. The minimum Gasteiger partial charge on any atom is -0.339 e. The van der Waals surface area contributed by atoms with Crippen LogP contribution >= 0.6 is 11.3 Å². The maximum Gasteiger partial charge on any atom is 0.229 e. The van der Waals surface area contributed by atoms with Crippen LogP contribution in [0, 0.1) is 30.1 Å². The van der Waals surface area contributed by atoms with Crippen molar-refractivity contribution in [2.75, 3.05) is 32.7 Å². The molecule has 8 rings (SSSR count). The standard InChI is InChI=1S/C33H43N3O2S/c1-22-5-3-4-6-27(22)31-28-9-14-39-29(28)7-10-34(31)11-8-30(37)35-12-13-36(23(2)21-35)32(38)33-18-24-15-25(19-33)17-26(16-24)20-33/h3-6,9,14,23-26,31H,7-8,10-13,15-21H2,1-2H3/t23-,24?,25?,26?,31+,33?/m0/s1. The van der Waals surface area contributed by atoms with Gasteiger partial charge in [-0.1, -0.05) is 24.3 Å². The minimum absolute atomic E-state index is 0.0887. The number of carbonyl (C=O) groups is 2. The van der Waals surface area contributed by atoms with Gasteiger partial charge in [0.05, 0.1) is 11.5 Å². The summed E-state index contributed by atoms with van der Waals surface area (Å²) in [4.78, 5) is 35.7. The van der Waals surface area contributed by atoms with Gasteiger partial charge in [0.15, 0.2) is 0 Å². The van der Waals surface area contributed by atoms with Crippen LogP contribution in [-0.4, -0.2) is 65.3 Å². The van der Waals surface area contributed by atoms with E-state index < -0.39 is 0 Å². The summed E-state index contributed by atoms with van der Waals surface area (Å²) >= 11 is 1.87. The molecule has 2 aliphatic heterocycles. The summed E-state index contributed by atoms with van der Waals surface area (Å²) in [6.07, 6.45) is 9.04. The third-order valence-corrected chi connectivity index (χ3v) is 11.9. The molecular weight excluding hydrogens is 502 g/mol. The second-order valence-corrected chi connectivity index (χ2v) is 14.5. The molecule has 39 heavy (non-hydrogen) atoms. The Labute approximate surface area is 237 Å². The van der Waals surface area contributed by atoms with Crippen molar-refractivity contribution in [1.29, 1.82) is 0 Å². The van der Waals surface area contributed by atoms with Crippen molar-refractivity contribution in [3.05, 3.63) is 57.3 Å². The van der Waals surface area contributed by atoms with Crippen molar-refractivity contribution in [3.63, 3.8) is 0 Å². The second kappa shape index (κ2) is 10.0. The van der Waals surface area contributed by atoms with Crippen LogP contribution in [0.5, 0.6) is 0 Å². The fraction of sp³-hybridized carbons (Fsp3) is 0.636. The Morgan fingerprint density at radius 2 is 1.67 bits per heavy atom. The van der Waals surface area contributed by atoms with Crippen LogP contribution in [0.1, 0.15) is 79.5 Å². The molecule has 6 aliphatic rings. The molecule has 2 amide bonds. The fourth-order valence-corrected chi connectivity index (χ4v) is 10.3. The first-order chi connectivity index (χ1) is 18.9. The first-order valence-corrected chi connectivity index (χ1v) is 16.2. The fourth-order valence-electron chi connectivity index (χ4n) is 9.43. The molecule has 0 spiro atoms. The summed E-state index contributed by atoms with van der Waals surface area (Å²) < 4.78 is 0. The molecule has 4 aliphatic carbocycles. The van der Waals surface area contributed by atoms with E-state index in [0.717, 1.165) is 56.5 Å². The molecule has 0 N–H and O–H groups in total. The smallest absolute Gasteiger partial charge is 0.229 e. The van der Waals surface area contributed by atoms with E-state index in [2.05, 4.69) is 59.4 Å². The molecule has 0 unspecified atom stereocenters. The lowest BCUT2D eigenvalue weighted by Crippen LogP contribution is -2.61. The summed E-state index contributed by atoms with van der Waals surface area (Å²) in [5, 5.41) is 2.22. The zero-order chi connectivity index (χ0) is 26.7. The van der Waals surface area contributed by atoms with E-state index in [9.17, 15) is 9.59 Å². The number of carbonyl (C=O) groups excluding carboxylic acids is 2. The molecule has 1 saturated heterocycles. The Balaban J connectivity index is 0.993. The molecule has 208 valence electrons. The van der Waals surface area contributed by atoms with Gasteiger partial charge in [-0.05, 0) is 105 Å². The number of fused-ring (bicyclic) bond motifs is 1. The average molecular weight is 546 g/mol. The minimum atomic E-state index is -0.0887. The topological polar surface area (TPSA) is 43.9 Å². The largest absolute Gasteiger partial charge is 0.339 e. The van der Waals surface area contributed by atoms with E-state index in [-0.39, 0.29) is 23.4 Å². The van der Waals surface area contributed by atoms with E-state index in [1.54, 1.807) is 0 Å². The van der Waals surface area contributed by atoms with Gasteiger partial charge >= 0.3 is 0 Å². The quantitative estimate of drug-likeness (QED) is 0.486. The van der Waals surface area contributed by atoms with Crippen molar-refractivity contribution in [3.8, 4) is 0 Å². The van der Waals surface area contributed by atoms with Gasteiger partial charge in [0.2, 0.25) is 11.8 Å². The molecule has 5 fully saturated rings. The van der Waals surface area contributed by atoms with Crippen molar-refractivity contribution >= 4 is 23.2 Å². The zero-order valence-electron chi connectivity index (χ0n) is 23.6. The lowest BCUT2D eigenvalue weighted by molar-refractivity contribution is -0.163.